The number of amides is 1. The van der Waals surface area contributed by atoms with Crippen LogP contribution in [0.15, 0.2) is 52.2 Å². The van der Waals surface area contributed by atoms with Gasteiger partial charge in [-0.3, -0.25) is 9.69 Å². The van der Waals surface area contributed by atoms with Crippen LogP contribution in [0.2, 0.25) is 0 Å². The van der Waals surface area contributed by atoms with Crippen LogP contribution in [0.4, 0.5) is 0 Å². The van der Waals surface area contributed by atoms with E-state index in [0.717, 1.165) is 5.56 Å². The van der Waals surface area contributed by atoms with Gasteiger partial charge in [0.25, 0.3) is 5.91 Å². The Labute approximate surface area is 129 Å². The summed E-state index contributed by atoms with van der Waals surface area (Å²) in [6, 6.07) is 11.6. The topological polar surface area (TPSA) is 55.0 Å². The van der Waals surface area contributed by atoms with E-state index >= 15 is 0 Å². The number of carbonyl (C=O) groups excluding carboxylic acids is 1. The molecule has 5 nitrogen and oxygen atoms in total. The molecule has 2 aromatic rings. The number of rotatable bonds is 3. The van der Waals surface area contributed by atoms with E-state index in [4.69, 9.17) is 9.25 Å². The number of oxime groups is 1. The number of benzene rings is 1. The predicted molar refractivity (Wildman–Crippen MR) is 82.1 cm³/mol. The number of amidine groups is 1. The largest absolute Gasteiger partial charge is 0.461 e. The van der Waals surface area contributed by atoms with E-state index in [9.17, 15) is 4.79 Å². The summed E-state index contributed by atoms with van der Waals surface area (Å²) in [7, 11) is 0. The molecular weight excluding hydrogens is 280 g/mol. The van der Waals surface area contributed by atoms with Crippen LogP contribution in [0.3, 0.4) is 0 Å². The first-order valence-corrected chi connectivity index (χ1v) is 7.15. The second-order valence-electron chi connectivity index (χ2n) is 5.87. The Balaban J connectivity index is 1.96. The molecule has 0 saturated heterocycles. The average Bonchev–Trinajstić information content (AvgIpc) is 3.00. The van der Waals surface area contributed by atoms with Gasteiger partial charge in [-0.25, -0.2) is 0 Å². The monoisotopic (exact) mass is 298 g/mol. The molecule has 1 aliphatic heterocycles. The Morgan fingerprint density at radius 2 is 1.91 bits per heavy atom. The van der Waals surface area contributed by atoms with Crippen molar-refractivity contribution < 1.29 is 14.0 Å². The molecule has 0 N–H and O–H groups in total. The molecule has 0 unspecified atom stereocenters. The number of furan rings is 1. The fourth-order valence-electron chi connectivity index (χ4n) is 2.27. The molecule has 114 valence electrons. The smallest absolute Gasteiger partial charge is 0.275 e. The van der Waals surface area contributed by atoms with Gasteiger partial charge in [0.2, 0.25) is 11.4 Å². The lowest BCUT2D eigenvalue weighted by Crippen LogP contribution is -2.52. The van der Waals surface area contributed by atoms with E-state index in [1.165, 1.54) is 5.56 Å². The molecule has 0 saturated carbocycles. The van der Waals surface area contributed by atoms with Crippen LogP contribution in [-0.4, -0.2) is 22.2 Å². The van der Waals surface area contributed by atoms with E-state index in [0.29, 0.717) is 18.1 Å². The lowest BCUT2D eigenvalue weighted by atomic mass is 10.1. The van der Waals surface area contributed by atoms with Crippen molar-refractivity contribution >= 4 is 11.7 Å². The molecule has 2 heterocycles. The third kappa shape index (κ3) is 2.62. The van der Waals surface area contributed by atoms with E-state index < -0.39 is 5.60 Å². The van der Waals surface area contributed by atoms with Crippen LogP contribution in [0.5, 0.6) is 0 Å². The molecule has 5 heteroatoms. The van der Waals surface area contributed by atoms with Gasteiger partial charge in [-0.05, 0) is 38.5 Å². The summed E-state index contributed by atoms with van der Waals surface area (Å²) in [4.78, 5) is 19.6. The van der Waals surface area contributed by atoms with Gasteiger partial charge in [0.15, 0.2) is 5.76 Å². The Bertz CT molecular complexity index is 700. The van der Waals surface area contributed by atoms with Crippen molar-refractivity contribution in [3.63, 3.8) is 0 Å². The normalized spacial score (nSPS) is 17.1. The van der Waals surface area contributed by atoms with Crippen molar-refractivity contribution in [3.05, 3.63) is 59.5 Å². The second-order valence-corrected chi connectivity index (χ2v) is 5.87. The third-order valence-electron chi connectivity index (χ3n) is 3.58. The molecule has 22 heavy (non-hydrogen) atoms. The minimum atomic E-state index is -0.985. The highest BCUT2D eigenvalue weighted by Crippen LogP contribution is 2.24. The Morgan fingerprint density at radius 3 is 2.55 bits per heavy atom. The molecule has 1 aromatic carbocycles. The highest BCUT2D eigenvalue weighted by molar-refractivity contribution is 6.09. The van der Waals surface area contributed by atoms with Gasteiger partial charge in [0.05, 0.1) is 12.8 Å². The first-order valence-electron chi connectivity index (χ1n) is 7.15. The number of hydrogen-bond donors (Lipinski definition) is 0. The van der Waals surface area contributed by atoms with Crippen molar-refractivity contribution in [1.29, 1.82) is 0 Å². The summed E-state index contributed by atoms with van der Waals surface area (Å²) in [6.45, 7) is 5.87. The van der Waals surface area contributed by atoms with Crippen molar-refractivity contribution in [2.24, 2.45) is 5.16 Å². The molecule has 0 bridgehead atoms. The summed E-state index contributed by atoms with van der Waals surface area (Å²) < 4.78 is 5.37. The second kappa shape index (κ2) is 5.33. The first-order chi connectivity index (χ1) is 10.5. The molecule has 0 radical (unpaired) electrons. The SMILES string of the molecule is Cc1ccc(CN2C(=O)C(C)(C)ON=C2c2ccco2)cc1. The maximum atomic E-state index is 12.7. The van der Waals surface area contributed by atoms with E-state index in [1.807, 2.05) is 31.2 Å². The predicted octanol–water partition coefficient (Wildman–Crippen LogP) is 3.09. The van der Waals surface area contributed by atoms with Gasteiger partial charge in [-0.2, -0.15) is 0 Å². The fourth-order valence-corrected chi connectivity index (χ4v) is 2.27. The van der Waals surface area contributed by atoms with Crippen molar-refractivity contribution in [2.45, 2.75) is 32.9 Å². The van der Waals surface area contributed by atoms with E-state index in [1.54, 1.807) is 37.1 Å². The van der Waals surface area contributed by atoms with Crippen molar-refractivity contribution in [1.82, 2.24) is 4.90 Å². The van der Waals surface area contributed by atoms with E-state index in [2.05, 4.69) is 5.16 Å². The molecule has 1 amide bonds. The quantitative estimate of drug-likeness (QED) is 0.875. The summed E-state index contributed by atoms with van der Waals surface area (Å²) in [5.74, 6) is 0.764. The van der Waals surface area contributed by atoms with Gasteiger partial charge in [0.1, 0.15) is 0 Å². The molecular formula is C17H18N2O3. The lowest BCUT2D eigenvalue weighted by Gasteiger charge is -2.34. The van der Waals surface area contributed by atoms with Crippen LogP contribution in [0.1, 0.15) is 30.7 Å². The number of carbonyl (C=O) groups is 1. The van der Waals surface area contributed by atoms with Crippen molar-refractivity contribution in [3.8, 4) is 0 Å². The fraction of sp³-hybridized carbons (Fsp3) is 0.294. The minimum Gasteiger partial charge on any atom is -0.461 e. The molecule has 3 rings (SSSR count). The number of nitrogens with zero attached hydrogens (tertiary/aromatic N) is 2. The van der Waals surface area contributed by atoms with Crippen LogP contribution >= 0.6 is 0 Å². The maximum Gasteiger partial charge on any atom is 0.275 e. The third-order valence-corrected chi connectivity index (χ3v) is 3.58. The Kier molecular flexibility index (Phi) is 3.48. The zero-order chi connectivity index (χ0) is 15.7. The van der Waals surface area contributed by atoms with E-state index in [-0.39, 0.29) is 5.91 Å². The van der Waals surface area contributed by atoms with Crippen LogP contribution in [0.25, 0.3) is 0 Å². The Hall–Kier alpha value is -2.56. The molecule has 0 spiro atoms. The summed E-state index contributed by atoms with van der Waals surface area (Å²) >= 11 is 0. The molecule has 0 fully saturated rings. The van der Waals surface area contributed by atoms with Gasteiger partial charge < -0.3 is 9.25 Å². The van der Waals surface area contributed by atoms with Gasteiger partial charge in [-0.15, -0.1) is 0 Å². The summed E-state index contributed by atoms with van der Waals surface area (Å²) in [5, 5.41) is 4.10. The zero-order valence-corrected chi connectivity index (χ0v) is 12.9. The average molecular weight is 298 g/mol. The summed E-state index contributed by atoms with van der Waals surface area (Å²) in [6.07, 6.45) is 1.55. The molecule has 0 atom stereocenters. The summed E-state index contributed by atoms with van der Waals surface area (Å²) in [5.41, 5.74) is 1.22. The number of aryl methyl sites for hydroxylation is 1. The van der Waals surface area contributed by atoms with Crippen molar-refractivity contribution in [2.75, 3.05) is 0 Å². The first kappa shape index (κ1) is 14.4. The van der Waals surface area contributed by atoms with Gasteiger partial charge >= 0.3 is 0 Å². The maximum absolute atomic E-state index is 12.7. The van der Waals surface area contributed by atoms with Crippen LogP contribution < -0.4 is 0 Å². The Morgan fingerprint density at radius 1 is 1.18 bits per heavy atom. The zero-order valence-electron chi connectivity index (χ0n) is 12.9. The number of hydrogen-bond acceptors (Lipinski definition) is 4. The van der Waals surface area contributed by atoms with Crippen LogP contribution in [0, 0.1) is 6.92 Å². The highest BCUT2D eigenvalue weighted by atomic mass is 16.7. The molecule has 1 aromatic heterocycles. The standard InChI is InChI=1S/C17H18N2O3/c1-12-6-8-13(9-7-12)11-19-15(14-5-4-10-21-14)18-22-17(2,3)16(19)20/h4-10H,11H2,1-3H3. The minimum absolute atomic E-state index is 0.144. The lowest BCUT2D eigenvalue weighted by molar-refractivity contribution is -0.155. The molecule has 0 aliphatic carbocycles. The highest BCUT2D eigenvalue weighted by Gasteiger charge is 2.41. The molecule has 1 aliphatic rings. The van der Waals surface area contributed by atoms with Gasteiger partial charge in [0, 0.05) is 0 Å². The van der Waals surface area contributed by atoms with Crippen LogP contribution in [-0.2, 0) is 16.2 Å². The van der Waals surface area contributed by atoms with Gasteiger partial charge in [-0.1, -0.05) is 35.0 Å².